The molecule has 2 aromatic rings. The van der Waals surface area contributed by atoms with Crippen LogP contribution in [0.4, 0.5) is 0 Å². The minimum absolute atomic E-state index is 0. The molecule has 2 heterocycles. The van der Waals surface area contributed by atoms with E-state index in [0.717, 1.165) is 51.4 Å². The van der Waals surface area contributed by atoms with Crippen LogP contribution in [0.15, 0.2) is 53.8 Å². The third-order valence-corrected chi connectivity index (χ3v) is 5.22. The van der Waals surface area contributed by atoms with Crippen LogP contribution in [0.1, 0.15) is 31.7 Å². The summed E-state index contributed by atoms with van der Waals surface area (Å²) in [7, 11) is 1.84. The Hall–Kier alpha value is -1.61. The van der Waals surface area contributed by atoms with E-state index in [1.165, 1.54) is 5.56 Å². The molecule has 2 atom stereocenters. The van der Waals surface area contributed by atoms with E-state index in [9.17, 15) is 0 Å². The summed E-state index contributed by atoms with van der Waals surface area (Å²) < 4.78 is 1.96. The van der Waals surface area contributed by atoms with Crippen molar-refractivity contribution in [1.29, 1.82) is 0 Å². The average molecular weight is 496 g/mol. The smallest absolute Gasteiger partial charge is 0.191 e. The van der Waals surface area contributed by atoms with Gasteiger partial charge in [0.15, 0.2) is 5.96 Å². The molecule has 154 valence electrons. The molecule has 1 aromatic carbocycles. The van der Waals surface area contributed by atoms with Crippen molar-refractivity contribution in [3.8, 4) is 0 Å². The van der Waals surface area contributed by atoms with Gasteiger partial charge in [-0.25, -0.2) is 0 Å². The molecule has 2 N–H and O–H groups in total. The number of nitrogens with zero attached hydrogens (tertiary/aromatic N) is 4. The molecule has 28 heavy (non-hydrogen) atoms. The maximum atomic E-state index is 4.39. The highest BCUT2D eigenvalue weighted by Crippen LogP contribution is 2.19. The molecule has 1 aliphatic rings. The van der Waals surface area contributed by atoms with Crippen molar-refractivity contribution in [3.05, 3.63) is 54.4 Å². The van der Waals surface area contributed by atoms with E-state index in [1.807, 2.05) is 30.2 Å². The van der Waals surface area contributed by atoms with Gasteiger partial charge in [-0.1, -0.05) is 30.3 Å². The second kappa shape index (κ2) is 12.1. The first-order chi connectivity index (χ1) is 13.2. The van der Waals surface area contributed by atoms with Crippen molar-refractivity contribution < 1.29 is 0 Å². The number of benzene rings is 1. The van der Waals surface area contributed by atoms with E-state index in [2.05, 4.69) is 62.9 Å². The first-order valence-corrected chi connectivity index (χ1v) is 9.97. The molecule has 1 aromatic heterocycles. The van der Waals surface area contributed by atoms with Crippen molar-refractivity contribution in [2.24, 2.45) is 4.99 Å². The zero-order valence-corrected chi connectivity index (χ0v) is 19.3. The van der Waals surface area contributed by atoms with Crippen LogP contribution in [0, 0.1) is 0 Å². The van der Waals surface area contributed by atoms with Gasteiger partial charge >= 0.3 is 0 Å². The zero-order chi connectivity index (χ0) is 18.9. The molecule has 0 bridgehead atoms. The lowest BCUT2D eigenvalue weighted by Crippen LogP contribution is -2.51. The highest BCUT2D eigenvalue weighted by molar-refractivity contribution is 14.0. The molecular weight excluding hydrogens is 463 g/mol. The predicted octanol–water partition coefficient (Wildman–Crippen LogP) is 3.11. The molecule has 0 saturated carbocycles. The first kappa shape index (κ1) is 22.7. The summed E-state index contributed by atoms with van der Waals surface area (Å²) in [4.78, 5) is 6.96. The van der Waals surface area contributed by atoms with E-state index in [4.69, 9.17) is 0 Å². The normalized spacial score (nSPS) is 20.4. The summed E-state index contributed by atoms with van der Waals surface area (Å²) in [5.41, 5.74) is 1.39. The monoisotopic (exact) mass is 496 g/mol. The van der Waals surface area contributed by atoms with Gasteiger partial charge < -0.3 is 10.6 Å². The van der Waals surface area contributed by atoms with Crippen molar-refractivity contribution >= 4 is 29.9 Å². The maximum Gasteiger partial charge on any atom is 0.191 e. The zero-order valence-electron chi connectivity index (χ0n) is 16.9. The summed E-state index contributed by atoms with van der Waals surface area (Å²) in [5, 5.41) is 11.3. The number of guanidine groups is 1. The molecule has 0 aliphatic carbocycles. The lowest BCUT2D eigenvalue weighted by Gasteiger charge is -2.38. The van der Waals surface area contributed by atoms with E-state index >= 15 is 0 Å². The van der Waals surface area contributed by atoms with Crippen molar-refractivity contribution in [2.75, 3.05) is 20.1 Å². The highest BCUT2D eigenvalue weighted by atomic mass is 127. The fourth-order valence-corrected chi connectivity index (χ4v) is 3.67. The molecule has 0 spiro atoms. The van der Waals surface area contributed by atoms with Gasteiger partial charge in [0.05, 0.1) is 0 Å². The SMILES string of the molecule is CN=C(NCCCn1cccn1)NC1CCN(Cc2ccccc2)C(C)C1.I. The third kappa shape index (κ3) is 7.09. The Bertz CT molecular complexity index is 688. The van der Waals surface area contributed by atoms with Crippen LogP contribution in [0.2, 0.25) is 0 Å². The van der Waals surface area contributed by atoms with Crippen LogP contribution in [-0.2, 0) is 13.1 Å². The lowest BCUT2D eigenvalue weighted by atomic mass is 9.97. The van der Waals surface area contributed by atoms with Crippen LogP contribution in [-0.4, -0.2) is 52.9 Å². The topological polar surface area (TPSA) is 57.5 Å². The number of nitrogens with one attached hydrogen (secondary N) is 2. The Kier molecular flexibility index (Phi) is 9.77. The molecule has 1 saturated heterocycles. The van der Waals surface area contributed by atoms with Crippen LogP contribution >= 0.6 is 24.0 Å². The van der Waals surface area contributed by atoms with Gasteiger partial charge in [0.1, 0.15) is 0 Å². The predicted molar refractivity (Wildman–Crippen MR) is 126 cm³/mol. The summed E-state index contributed by atoms with van der Waals surface area (Å²) in [6.07, 6.45) is 7.12. The minimum atomic E-state index is 0. The first-order valence-electron chi connectivity index (χ1n) is 9.97. The third-order valence-electron chi connectivity index (χ3n) is 5.22. The quantitative estimate of drug-likeness (QED) is 0.268. The molecule has 2 unspecified atom stereocenters. The standard InChI is InChI=1S/C21H32N6.HI/c1-18-16-20(10-15-26(18)17-19-8-4-3-5-9-19)25-21(22-2)23-11-6-13-27-14-7-12-24-27;/h3-5,7-9,12,14,18,20H,6,10-11,13,15-17H2,1-2H3,(H2,22,23,25);1H. The van der Waals surface area contributed by atoms with Gasteiger partial charge in [-0.2, -0.15) is 5.10 Å². The van der Waals surface area contributed by atoms with E-state index in [1.54, 1.807) is 0 Å². The Morgan fingerprint density at radius 3 is 2.75 bits per heavy atom. The number of aromatic nitrogens is 2. The van der Waals surface area contributed by atoms with Gasteiger partial charge in [-0.15, -0.1) is 24.0 Å². The number of aryl methyl sites for hydroxylation is 1. The highest BCUT2D eigenvalue weighted by Gasteiger charge is 2.25. The Labute approximate surface area is 185 Å². The van der Waals surface area contributed by atoms with E-state index < -0.39 is 0 Å². The number of piperidine rings is 1. The fraction of sp³-hybridized carbons (Fsp3) is 0.524. The van der Waals surface area contributed by atoms with Crippen molar-refractivity contribution in [3.63, 3.8) is 0 Å². The van der Waals surface area contributed by atoms with Gasteiger partial charge in [-0.3, -0.25) is 14.6 Å². The summed E-state index contributed by atoms with van der Waals surface area (Å²) in [5.74, 6) is 0.907. The van der Waals surface area contributed by atoms with Crippen LogP contribution in [0.25, 0.3) is 0 Å². The van der Waals surface area contributed by atoms with E-state index in [-0.39, 0.29) is 24.0 Å². The lowest BCUT2D eigenvalue weighted by molar-refractivity contribution is 0.134. The van der Waals surface area contributed by atoms with Crippen molar-refractivity contribution in [2.45, 2.75) is 51.4 Å². The largest absolute Gasteiger partial charge is 0.356 e. The van der Waals surface area contributed by atoms with Crippen LogP contribution < -0.4 is 10.6 Å². The van der Waals surface area contributed by atoms with Gasteiger partial charge in [0.25, 0.3) is 0 Å². The van der Waals surface area contributed by atoms with Crippen molar-refractivity contribution in [1.82, 2.24) is 25.3 Å². The summed E-state index contributed by atoms with van der Waals surface area (Å²) in [6.45, 7) is 6.30. The minimum Gasteiger partial charge on any atom is -0.356 e. The Morgan fingerprint density at radius 2 is 2.07 bits per heavy atom. The van der Waals surface area contributed by atoms with Gasteiger partial charge in [0.2, 0.25) is 0 Å². The Balaban J connectivity index is 0.00000280. The second-order valence-corrected chi connectivity index (χ2v) is 7.29. The number of rotatable bonds is 7. The number of aliphatic imine (C=N–C) groups is 1. The molecule has 3 rings (SSSR count). The molecule has 7 heteroatoms. The molecule has 0 amide bonds. The number of likely N-dealkylation sites (tertiary alicyclic amines) is 1. The number of hydrogen-bond donors (Lipinski definition) is 2. The van der Waals surface area contributed by atoms with Crippen LogP contribution in [0.5, 0.6) is 0 Å². The molecule has 0 radical (unpaired) electrons. The number of hydrogen-bond acceptors (Lipinski definition) is 3. The summed E-state index contributed by atoms with van der Waals surface area (Å²) in [6, 6.07) is 13.7. The summed E-state index contributed by atoms with van der Waals surface area (Å²) >= 11 is 0. The molecule has 1 aliphatic heterocycles. The Morgan fingerprint density at radius 1 is 1.25 bits per heavy atom. The second-order valence-electron chi connectivity index (χ2n) is 7.29. The fourth-order valence-electron chi connectivity index (χ4n) is 3.67. The van der Waals surface area contributed by atoms with Gasteiger partial charge in [0, 0.05) is 57.7 Å². The number of halogens is 1. The maximum absolute atomic E-state index is 4.39. The average Bonchev–Trinajstić information content (AvgIpc) is 3.20. The van der Waals surface area contributed by atoms with Gasteiger partial charge in [-0.05, 0) is 37.8 Å². The molecular formula is C21H33IN6. The molecule has 1 fully saturated rings. The molecule has 6 nitrogen and oxygen atoms in total. The van der Waals surface area contributed by atoms with E-state index in [0.29, 0.717) is 12.1 Å². The van der Waals surface area contributed by atoms with Crippen LogP contribution in [0.3, 0.4) is 0 Å².